The van der Waals surface area contributed by atoms with Gasteiger partial charge in [-0.2, -0.15) is 0 Å². The lowest BCUT2D eigenvalue weighted by Gasteiger charge is -2.12. The number of hydrogen-bond acceptors (Lipinski definition) is 4. The van der Waals surface area contributed by atoms with Crippen LogP contribution in [-0.4, -0.2) is 18.5 Å². The SMILES string of the molecule is CCOC(=O)c1c(-c2ccc(F)cc2)csc1NC(=O)c1ccccc1CCc1ccccc1. The minimum atomic E-state index is -0.532. The van der Waals surface area contributed by atoms with Crippen molar-refractivity contribution >= 4 is 28.2 Å². The zero-order chi connectivity index (χ0) is 23.9. The fraction of sp³-hybridized carbons (Fsp3) is 0.143. The number of hydrogen-bond donors (Lipinski definition) is 1. The molecule has 6 heteroatoms. The summed E-state index contributed by atoms with van der Waals surface area (Å²) < 4.78 is 18.7. The van der Waals surface area contributed by atoms with Gasteiger partial charge in [0.05, 0.1) is 6.61 Å². The van der Waals surface area contributed by atoms with Crippen molar-refractivity contribution in [2.24, 2.45) is 0 Å². The molecular weight excluding hydrogens is 449 g/mol. The Hall–Kier alpha value is -3.77. The lowest BCUT2D eigenvalue weighted by molar-refractivity contribution is 0.0529. The van der Waals surface area contributed by atoms with E-state index in [9.17, 15) is 14.0 Å². The van der Waals surface area contributed by atoms with Crippen LogP contribution in [0.2, 0.25) is 0 Å². The first-order valence-electron chi connectivity index (χ1n) is 11.0. The number of anilines is 1. The Balaban J connectivity index is 1.61. The molecule has 0 saturated heterocycles. The molecule has 0 unspecified atom stereocenters. The summed E-state index contributed by atoms with van der Waals surface area (Å²) in [7, 11) is 0. The van der Waals surface area contributed by atoms with E-state index in [2.05, 4.69) is 17.4 Å². The van der Waals surface area contributed by atoms with E-state index in [1.54, 1.807) is 30.5 Å². The summed E-state index contributed by atoms with van der Waals surface area (Å²) in [6.07, 6.45) is 1.52. The number of amides is 1. The predicted molar refractivity (Wildman–Crippen MR) is 134 cm³/mol. The van der Waals surface area contributed by atoms with Crippen molar-refractivity contribution in [3.63, 3.8) is 0 Å². The Morgan fingerprint density at radius 2 is 1.62 bits per heavy atom. The quantitative estimate of drug-likeness (QED) is 0.287. The fourth-order valence-electron chi connectivity index (χ4n) is 3.75. The van der Waals surface area contributed by atoms with Gasteiger partial charge in [-0.3, -0.25) is 4.79 Å². The van der Waals surface area contributed by atoms with Gasteiger partial charge in [0.25, 0.3) is 5.91 Å². The van der Waals surface area contributed by atoms with E-state index in [0.717, 1.165) is 12.0 Å². The molecule has 4 rings (SSSR count). The van der Waals surface area contributed by atoms with Crippen LogP contribution in [0.3, 0.4) is 0 Å². The van der Waals surface area contributed by atoms with E-state index < -0.39 is 5.97 Å². The summed E-state index contributed by atoms with van der Waals surface area (Å²) in [6, 6.07) is 23.5. The average Bonchev–Trinajstić information content (AvgIpc) is 3.27. The second-order valence-electron chi connectivity index (χ2n) is 7.68. The molecule has 172 valence electrons. The Morgan fingerprint density at radius 1 is 0.912 bits per heavy atom. The molecule has 1 amide bonds. The molecule has 0 aliphatic heterocycles. The van der Waals surface area contributed by atoms with Crippen LogP contribution in [0, 0.1) is 5.82 Å². The van der Waals surface area contributed by atoms with Crippen LogP contribution in [0.5, 0.6) is 0 Å². The highest BCUT2D eigenvalue weighted by Gasteiger charge is 2.23. The van der Waals surface area contributed by atoms with Gasteiger partial charge in [0, 0.05) is 16.5 Å². The third-order valence-corrected chi connectivity index (χ3v) is 6.34. The molecule has 0 atom stereocenters. The molecule has 0 radical (unpaired) electrons. The molecule has 1 aromatic heterocycles. The molecule has 1 N–H and O–H groups in total. The van der Waals surface area contributed by atoms with Crippen LogP contribution in [0.1, 0.15) is 38.8 Å². The summed E-state index contributed by atoms with van der Waals surface area (Å²) >= 11 is 1.24. The average molecular weight is 474 g/mol. The smallest absolute Gasteiger partial charge is 0.341 e. The minimum absolute atomic E-state index is 0.202. The van der Waals surface area contributed by atoms with E-state index in [4.69, 9.17) is 4.74 Å². The fourth-order valence-corrected chi connectivity index (χ4v) is 4.70. The highest BCUT2D eigenvalue weighted by atomic mass is 32.1. The molecule has 0 spiro atoms. The summed E-state index contributed by atoms with van der Waals surface area (Å²) in [6.45, 7) is 1.93. The Labute approximate surface area is 202 Å². The first-order chi connectivity index (χ1) is 16.6. The van der Waals surface area contributed by atoms with E-state index in [0.29, 0.717) is 28.1 Å². The largest absolute Gasteiger partial charge is 0.462 e. The van der Waals surface area contributed by atoms with Gasteiger partial charge in [-0.05, 0) is 54.7 Å². The zero-order valence-electron chi connectivity index (χ0n) is 18.7. The second kappa shape index (κ2) is 10.9. The Bertz CT molecular complexity index is 1280. The summed E-state index contributed by atoms with van der Waals surface area (Å²) in [5.74, 6) is -1.19. The first-order valence-corrected chi connectivity index (χ1v) is 11.9. The van der Waals surface area contributed by atoms with E-state index in [-0.39, 0.29) is 23.9 Å². The minimum Gasteiger partial charge on any atom is -0.462 e. The maximum Gasteiger partial charge on any atom is 0.341 e. The molecule has 0 bridgehead atoms. The van der Waals surface area contributed by atoms with Crippen molar-refractivity contribution in [2.75, 3.05) is 11.9 Å². The van der Waals surface area contributed by atoms with Crippen LogP contribution < -0.4 is 5.32 Å². The lowest BCUT2D eigenvalue weighted by atomic mass is 9.99. The van der Waals surface area contributed by atoms with Crippen LogP contribution in [-0.2, 0) is 17.6 Å². The lowest BCUT2D eigenvalue weighted by Crippen LogP contribution is -2.16. The number of ether oxygens (including phenoxy) is 1. The van der Waals surface area contributed by atoms with Crippen molar-refractivity contribution in [2.45, 2.75) is 19.8 Å². The number of rotatable bonds is 8. The van der Waals surface area contributed by atoms with Crippen LogP contribution >= 0.6 is 11.3 Å². The summed E-state index contributed by atoms with van der Waals surface area (Å²) in [4.78, 5) is 26.1. The number of benzene rings is 3. The number of carbonyl (C=O) groups excluding carboxylic acids is 2. The molecule has 0 aliphatic rings. The maximum absolute atomic E-state index is 13.4. The Morgan fingerprint density at radius 3 is 2.35 bits per heavy atom. The van der Waals surface area contributed by atoms with Gasteiger partial charge in [-0.15, -0.1) is 11.3 Å². The van der Waals surface area contributed by atoms with Crippen molar-refractivity contribution in [1.82, 2.24) is 0 Å². The van der Waals surface area contributed by atoms with Gasteiger partial charge in [0.15, 0.2) is 0 Å². The zero-order valence-corrected chi connectivity index (χ0v) is 19.5. The topological polar surface area (TPSA) is 55.4 Å². The van der Waals surface area contributed by atoms with Gasteiger partial charge in [-0.25, -0.2) is 9.18 Å². The number of thiophene rings is 1. The van der Waals surface area contributed by atoms with Gasteiger partial charge < -0.3 is 10.1 Å². The predicted octanol–water partition coefficient (Wildman–Crippen LogP) is 6.77. The van der Waals surface area contributed by atoms with Crippen LogP contribution in [0.15, 0.2) is 84.2 Å². The van der Waals surface area contributed by atoms with Crippen molar-refractivity contribution in [3.05, 3.63) is 112 Å². The van der Waals surface area contributed by atoms with E-state index >= 15 is 0 Å². The molecule has 4 aromatic rings. The van der Waals surface area contributed by atoms with Gasteiger partial charge >= 0.3 is 5.97 Å². The summed E-state index contributed by atoms with van der Waals surface area (Å²) in [5, 5.41) is 5.09. The third kappa shape index (κ3) is 5.41. The monoisotopic (exact) mass is 473 g/mol. The molecule has 0 aliphatic carbocycles. The molecular formula is C28H24FNO3S. The molecule has 1 heterocycles. The molecule has 4 nitrogen and oxygen atoms in total. The van der Waals surface area contributed by atoms with Crippen molar-refractivity contribution in [3.8, 4) is 11.1 Å². The van der Waals surface area contributed by atoms with Crippen LogP contribution in [0.4, 0.5) is 9.39 Å². The first kappa shape index (κ1) is 23.4. The number of nitrogens with one attached hydrogen (secondary N) is 1. The number of halogens is 1. The number of aryl methyl sites for hydroxylation is 2. The second-order valence-corrected chi connectivity index (χ2v) is 8.56. The normalized spacial score (nSPS) is 10.6. The van der Waals surface area contributed by atoms with Crippen LogP contribution in [0.25, 0.3) is 11.1 Å². The van der Waals surface area contributed by atoms with Gasteiger partial charge in [-0.1, -0.05) is 60.7 Å². The van der Waals surface area contributed by atoms with Gasteiger partial charge in [0.2, 0.25) is 0 Å². The van der Waals surface area contributed by atoms with E-state index in [1.807, 2.05) is 36.4 Å². The number of carbonyl (C=O) groups is 2. The van der Waals surface area contributed by atoms with E-state index in [1.165, 1.54) is 29.0 Å². The van der Waals surface area contributed by atoms with Crippen molar-refractivity contribution in [1.29, 1.82) is 0 Å². The number of esters is 1. The third-order valence-electron chi connectivity index (χ3n) is 5.44. The highest BCUT2D eigenvalue weighted by molar-refractivity contribution is 7.15. The standard InChI is InChI=1S/C28H24FNO3S/c1-2-33-28(32)25-24(21-14-16-22(29)17-15-21)18-34-27(25)30-26(31)23-11-7-6-10-20(23)13-12-19-8-4-3-5-9-19/h3-11,14-18H,2,12-13H2,1H3,(H,30,31). The maximum atomic E-state index is 13.4. The van der Waals surface area contributed by atoms with Gasteiger partial charge in [0.1, 0.15) is 16.4 Å². The highest BCUT2D eigenvalue weighted by Crippen LogP contribution is 2.36. The molecule has 0 fully saturated rings. The summed E-state index contributed by atoms with van der Waals surface area (Å²) in [5.41, 5.74) is 4.22. The Kier molecular flexibility index (Phi) is 7.50. The molecule has 34 heavy (non-hydrogen) atoms. The van der Waals surface area contributed by atoms with Crippen molar-refractivity contribution < 1.29 is 18.7 Å². The molecule has 3 aromatic carbocycles. The molecule has 0 saturated carbocycles.